The molecule has 1 aromatic heterocycles. The van der Waals surface area contributed by atoms with Gasteiger partial charge in [-0.05, 0) is 44.2 Å². The zero-order valence-corrected chi connectivity index (χ0v) is 11.0. The van der Waals surface area contributed by atoms with Crippen LogP contribution in [0.2, 0.25) is 0 Å². The molecule has 0 aliphatic heterocycles. The van der Waals surface area contributed by atoms with Crippen molar-refractivity contribution in [2.24, 2.45) is 0 Å². The summed E-state index contributed by atoms with van der Waals surface area (Å²) in [5.74, 6) is -0.484. The minimum absolute atomic E-state index is 0.0644. The third kappa shape index (κ3) is 2.69. The third-order valence-electron chi connectivity index (χ3n) is 2.66. The molecule has 18 heavy (non-hydrogen) atoms. The molecule has 2 aromatic rings. The van der Waals surface area contributed by atoms with Crippen LogP contribution < -0.4 is 5.32 Å². The number of hydrogen-bond acceptors (Lipinski definition) is 3. The van der Waals surface area contributed by atoms with Crippen LogP contribution in [0.25, 0.3) is 0 Å². The smallest absolute Gasteiger partial charge is 0.141 e. The Labute approximate surface area is 110 Å². The summed E-state index contributed by atoms with van der Waals surface area (Å²) in [5, 5.41) is 12.0. The molecule has 2 nitrogen and oxygen atoms in total. The maximum absolute atomic E-state index is 13.2. The second kappa shape index (κ2) is 5.19. The van der Waals surface area contributed by atoms with Gasteiger partial charge in [-0.25, -0.2) is 4.39 Å². The lowest BCUT2D eigenvalue weighted by atomic mass is 10.2. The van der Waals surface area contributed by atoms with Gasteiger partial charge in [0.15, 0.2) is 0 Å². The molecular weight excluding hydrogens is 247 g/mol. The van der Waals surface area contributed by atoms with E-state index in [1.54, 1.807) is 17.4 Å². The minimum atomic E-state index is -0.484. The van der Waals surface area contributed by atoms with Gasteiger partial charge in [-0.1, -0.05) is 0 Å². The van der Waals surface area contributed by atoms with E-state index < -0.39 is 5.82 Å². The number of benzene rings is 1. The largest absolute Gasteiger partial charge is 0.378 e. The van der Waals surface area contributed by atoms with Gasteiger partial charge >= 0.3 is 0 Å². The number of thiophene rings is 1. The van der Waals surface area contributed by atoms with Crippen LogP contribution in [0.5, 0.6) is 0 Å². The fraction of sp³-hybridized carbons (Fsp3) is 0.214. The van der Waals surface area contributed by atoms with Gasteiger partial charge in [0.1, 0.15) is 11.9 Å². The van der Waals surface area contributed by atoms with Gasteiger partial charge in [-0.2, -0.15) is 5.26 Å². The Bertz CT molecular complexity index is 598. The SMILES string of the molecule is Cc1ccc(C(C)Nc2ccc(F)c(C#N)c2)s1. The van der Waals surface area contributed by atoms with Crippen molar-refractivity contribution in [3.63, 3.8) is 0 Å². The Kier molecular flexibility index (Phi) is 3.63. The summed E-state index contributed by atoms with van der Waals surface area (Å²) in [6, 6.07) is 10.6. The Hall–Kier alpha value is -1.86. The highest BCUT2D eigenvalue weighted by molar-refractivity contribution is 7.12. The first kappa shape index (κ1) is 12.6. The fourth-order valence-electron chi connectivity index (χ4n) is 1.71. The highest BCUT2D eigenvalue weighted by Crippen LogP contribution is 2.26. The number of nitrogens with one attached hydrogen (secondary N) is 1. The van der Waals surface area contributed by atoms with Crippen LogP contribution in [0.4, 0.5) is 10.1 Å². The van der Waals surface area contributed by atoms with Crippen molar-refractivity contribution < 1.29 is 4.39 Å². The van der Waals surface area contributed by atoms with Crippen molar-refractivity contribution in [3.8, 4) is 6.07 Å². The van der Waals surface area contributed by atoms with Crippen LogP contribution in [-0.2, 0) is 0 Å². The van der Waals surface area contributed by atoms with Crippen molar-refractivity contribution in [1.29, 1.82) is 5.26 Å². The average molecular weight is 260 g/mol. The summed E-state index contributed by atoms with van der Waals surface area (Å²) < 4.78 is 13.2. The van der Waals surface area contributed by atoms with Crippen LogP contribution in [0.3, 0.4) is 0 Å². The first-order valence-electron chi connectivity index (χ1n) is 5.62. The van der Waals surface area contributed by atoms with Gasteiger partial charge in [-0.3, -0.25) is 0 Å². The van der Waals surface area contributed by atoms with E-state index in [4.69, 9.17) is 5.26 Å². The molecule has 1 unspecified atom stereocenters. The van der Waals surface area contributed by atoms with E-state index in [0.29, 0.717) is 0 Å². The van der Waals surface area contributed by atoms with E-state index in [2.05, 4.69) is 24.4 Å². The lowest BCUT2D eigenvalue weighted by Gasteiger charge is -2.14. The summed E-state index contributed by atoms with van der Waals surface area (Å²) in [6.45, 7) is 4.10. The number of halogens is 1. The van der Waals surface area contributed by atoms with Gasteiger partial charge in [0.05, 0.1) is 11.6 Å². The van der Waals surface area contributed by atoms with Crippen molar-refractivity contribution >= 4 is 17.0 Å². The van der Waals surface area contributed by atoms with E-state index in [0.717, 1.165) is 5.69 Å². The number of nitriles is 1. The summed E-state index contributed by atoms with van der Waals surface area (Å²) >= 11 is 1.73. The highest BCUT2D eigenvalue weighted by Gasteiger charge is 2.09. The predicted octanol–water partition coefficient (Wildman–Crippen LogP) is 4.24. The summed E-state index contributed by atoms with van der Waals surface area (Å²) in [6.07, 6.45) is 0. The van der Waals surface area contributed by atoms with Gasteiger partial charge in [0.25, 0.3) is 0 Å². The number of aryl methyl sites for hydroxylation is 1. The predicted molar refractivity (Wildman–Crippen MR) is 72.2 cm³/mol. The molecule has 2 rings (SSSR count). The lowest BCUT2D eigenvalue weighted by molar-refractivity contribution is 0.624. The molecule has 4 heteroatoms. The summed E-state index contributed by atoms with van der Waals surface area (Å²) in [4.78, 5) is 2.48. The van der Waals surface area contributed by atoms with Crippen LogP contribution >= 0.6 is 11.3 Å². The van der Waals surface area contributed by atoms with Gasteiger partial charge in [-0.15, -0.1) is 11.3 Å². The minimum Gasteiger partial charge on any atom is -0.378 e. The van der Waals surface area contributed by atoms with E-state index in [9.17, 15) is 4.39 Å². The monoisotopic (exact) mass is 260 g/mol. The van der Waals surface area contributed by atoms with E-state index in [1.807, 2.05) is 13.0 Å². The average Bonchev–Trinajstić information content (AvgIpc) is 2.78. The molecule has 92 valence electrons. The molecule has 0 fully saturated rings. The number of rotatable bonds is 3. The molecular formula is C14H13FN2S. The molecule has 1 N–H and O–H groups in total. The van der Waals surface area contributed by atoms with Crippen molar-refractivity contribution in [2.45, 2.75) is 19.9 Å². The molecule has 0 spiro atoms. The second-order valence-corrected chi connectivity index (χ2v) is 5.44. The van der Waals surface area contributed by atoms with Gasteiger partial charge < -0.3 is 5.32 Å². The van der Waals surface area contributed by atoms with Crippen molar-refractivity contribution in [1.82, 2.24) is 0 Å². The second-order valence-electron chi connectivity index (χ2n) is 4.12. The fourth-order valence-corrected chi connectivity index (χ4v) is 2.59. The molecule has 1 atom stereocenters. The normalized spacial score (nSPS) is 11.9. The van der Waals surface area contributed by atoms with Crippen LogP contribution in [0, 0.1) is 24.1 Å². The van der Waals surface area contributed by atoms with Crippen molar-refractivity contribution in [2.75, 3.05) is 5.32 Å². The Morgan fingerprint density at radius 2 is 2.11 bits per heavy atom. The van der Waals surface area contributed by atoms with Crippen molar-refractivity contribution in [3.05, 3.63) is 51.5 Å². The zero-order valence-electron chi connectivity index (χ0n) is 10.2. The Balaban J connectivity index is 2.17. The molecule has 0 aliphatic carbocycles. The van der Waals surface area contributed by atoms with Gasteiger partial charge in [0.2, 0.25) is 0 Å². The van der Waals surface area contributed by atoms with Crippen LogP contribution in [0.1, 0.15) is 28.3 Å². The van der Waals surface area contributed by atoms with Crippen LogP contribution in [0.15, 0.2) is 30.3 Å². The molecule has 0 amide bonds. The first-order chi connectivity index (χ1) is 8.60. The number of hydrogen-bond donors (Lipinski definition) is 1. The molecule has 0 saturated heterocycles. The van der Waals surface area contributed by atoms with E-state index in [1.165, 1.54) is 21.9 Å². The van der Waals surface area contributed by atoms with Crippen LogP contribution in [-0.4, -0.2) is 0 Å². The maximum Gasteiger partial charge on any atom is 0.141 e. The molecule has 0 saturated carbocycles. The maximum atomic E-state index is 13.2. The molecule has 0 aliphatic rings. The number of nitrogens with zero attached hydrogens (tertiary/aromatic N) is 1. The van der Waals surface area contributed by atoms with E-state index in [-0.39, 0.29) is 11.6 Å². The lowest BCUT2D eigenvalue weighted by Crippen LogP contribution is -2.05. The Morgan fingerprint density at radius 1 is 1.33 bits per heavy atom. The standard InChI is InChI=1S/C14H13FN2S/c1-9-3-6-14(18-9)10(2)17-12-4-5-13(15)11(7-12)8-16/h3-7,10,17H,1-2H3. The Morgan fingerprint density at radius 3 is 2.72 bits per heavy atom. The number of anilines is 1. The first-order valence-corrected chi connectivity index (χ1v) is 6.44. The topological polar surface area (TPSA) is 35.8 Å². The molecule has 0 radical (unpaired) electrons. The summed E-state index contributed by atoms with van der Waals surface area (Å²) in [5.41, 5.74) is 0.820. The summed E-state index contributed by atoms with van der Waals surface area (Å²) in [7, 11) is 0. The molecule has 0 bridgehead atoms. The zero-order chi connectivity index (χ0) is 13.1. The highest BCUT2D eigenvalue weighted by atomic mass is 32.1. The quantitative estimate of drug-likeness (QED) is 0.896. The molecule has 1 heterocycles. The third-order valence-corrected chi connectivity index (χ3v) is 3.84. The van der Waals surface area contributed by atoms with E-state index >= 15 is 0 Å². The molecule has 1 aromatic carbocycles. The van der Waals surface area contributed by atoms with Gasteiger partial charge in [0, 0.05) is 15.4 Å².